The molecule has 1 rings (SSSR count). The zero-order chi connectivity index (χ0) is 15.3. The van der Waals surface area contributed by atoms with Gasteiger partial charge in [0.2, 0.25) is 0 Å². The highest BCUT2D eigenvalue weighted by Crippen LogP contribution is 2.36. The summed E-state index contributed by atoms with van der Waals surface area (Å²) in [5.74, 6) is 0.904. The van der Waals surface area contributed by atoms with Gasteiger partial charge in [-0.15, -0.1) is 12.4 Å². The number of nitrogens with two attached hydrogens (primary N) is 1. The zero-order valence-electron chi connectivity index (χ0n) is 13.1. The first kappa shape index (κ1) is 19.5. The van der Waals surface area contributed by atoms with E-state index in [2.05, 4.69) is 0 Å². The van der Waals surface area contributed by atoms with Crippen molar-refractivity contribution >= 4 is 18.4 Å². The molecule has 0 unspecified atom stereocenters. The van der Waals surface area contributed by atoms with Gasteiger partial charge in [-0.2, -0.15) is 0 Å². The average Bonchev–Trinajstić information content (AvgIpc) is 2.45. The monoisotopic (exact) mass is 317 g/mol. The highest BCUT2D eigenvalue weighted by atomic mass is 35.5. The Morgan fingerprint density at radius 1 is 1.29 bits per heavy atom. The van der Waals surface area contributed by atoms with Gasteiger partial charge in [0.05, 0.1) is 26.2 Å². The van der Waals surface area contributed by atoms with Crippen molar-refractivity contribution in [2.24, 2.45) is 11.1 Å². The van der Waals surface area contributed by atoms with E-state index in [0.29, 0.717) is 18.1 Å². The lowest BCUT2D eigenvalue weighted by Gasteiger charge is -2.29. The van der Waals surface area contributed by atoms with Gasteiger partial charge in [0.25, 0.3) is 0 Å². The van der Waals surface area contributed by atoms with E-state index in [0.717, 1.165) is 5.56 Å². The van der Waals surface area contributed by atoms with Crippen molar-refractivity contribution < 1.29 is 19.0 Å². The summed E-state index contributed by atoms with van der Waals surface area (Å²) >= 11 is 0. The molecule has 0 aliphatic heterocycles. The first-order valence-corrected chi connectivity index (χ1v) is 6.53. The number of esters is 1. The van der Waals surface area contributed by atoms with Crippen LogP contribution in [-0.4, -0.2) is 26.8 Å². The second kappa shape index (κ2) is 8.10. The van der Waals surface area contributed by atoms with Crippen molar-refractivity contribution in [2.75, 3.05) is 20.8 Å². The molecule has 0 fully saturated rings. The van der Waals surface area contributed by atoms with Crippen LogP contribution >= 0.6 is 12.4 Å². The smallest absolute Gasteiger partial charge is 0.313 e. The van der Waals surface area contributed by atoms with E-state index in [4.69, 9.17) is 19.9 Å². The van der Waals surface area contributed by atoms with Gasteiger partial charge in [-0.05, 0) is 38.5 Å². The Labute approximate surface area is 132 Å². The minimum atomic E-state index is -0.827. The number of benzene rings is 1. The average molecular weight is 318 g/mol. The molecule has 0 aliphatic carbocycles. The van der Waals surface area contributed by atoms with Crippen molar-refractivity contribution in [1.82, 2.24) is 0 Å². The molecule has 2 N–H and O–H groups in total. The molecule has 0 heterocycles. The van der Waals surface area contributed by atoms with E-state index < -0.39 is 11.5 Å². The van der Waals surface area contributed by atoms with Crippen LogP contribution in [0.15, 0.2) is 18.2 Å². The van der Waals surface area contributed by atoms with Crippen molar-refractivity contribution in [1.29, 1.82) is 0 Å². The van der Waals surface area contributed by atoms with Crippen LogP contribution in [0.2, 0.25) is 0 Å². The first-order chi connectivity index (χ1) is 9.38. The predicted molar refractivity (Wildman–Crippen MR) is 84.1 cm³/mol. The number of hydrogen-bond donors (Lipinski definition) is 1. The predicted octanol–water partition coefficient (Wildman–Crippen LogP) is 2.71. The highest BCUT2D eigenvalue weighted by Gasteiger charge is 2.36. The molecule has 0 spiro atoms. The highest BCUT2D eigenvalue weighted by molar-refractivity contribution is 5.85. The van der Waals surface area contributed by atoms with E-state index >= 15 is 0 Å². The molecule has 120 valence electrons. The quantitative estimate of drug-likeness (QED) is 0.817. The van der Waals surface area contributed by atoms with Crippen molar-refractivity contribution in [3.63, 3.8) is 0 Å². The van der Waals surface area contributed by atoms with E-state index in [1.54, 1.807) is 33.1 Å². The summed E-state index contributed by atoms with van der Waals surface area (Å²) < 4.78 is 15.6. The van der Waals surface area contributed by atoms with Crippen molar-refractivity contribution in [3.8, 4) is 11.5 Å². The van der Waals surface area contributed by atoms with Crippen LogP contribution in [0.4, 0.5) is 0 Å². The molecule has 1 atom stereocenters. The molecule has 0 aromatic heterocycles. The summed E-state index contributed by atoms with van der Waals surface area (Å²) in [5.41, 5.74) is 6.18. The fourth-order valence-corrected chi connectivity index (χ4v) is 1.96. The maximum atomic E-state index is 11.8. The Balaban J connectivity index is 0.00000400. The molecule has 1 aromatic rings. The van der Waals surface area contributed by atoms with E-state index in [1.165, 1.54) is 7.11 Å². The minimum absolute atomic E-state index is 0. The molecule has 0 saturated carbocycles. The Bertz CT molecular complexity index is 477. The van der Waals surface area contributed by atoms with Gasteiger partial charge < -0.3 is 19.9 Å². The molecular weight excluding hydrogens is 294 g/mol. The molecule has 5 nitrogen and oxygen atoms in total. The summed E-state index contributed by atoms with van der Waals surface area (Å²) in [7, 11) is 2.94. The van der Waals surface area contributed by atoms with Crippen LogP contribution < -0.4 is 15.2 Å². The standard InChI is InChI=1S/C15H23NO4.ClH/c1-6-20-12-9-10(7-8-11(12)18-4)13(16)15(2,3)14(17)19-5;/h7-9,13H,6,16H2,1-5H3;1H/t13-;/m1./s1. The summed E-state index contributed by atoms with van der Waals surface area (Å²) in [6.45, 7) is 5.93. The minimum Gasteiger partial charge on any atom is -0.493 e. The molecule has 0 aliphatic rings. The topological polar surface area (TPSA) is 70.8 Å². The number of methoxy groups -OCH3 is 2. The first-order valence-electron chi connectivity index (χ1n) is 6.53. The molecule has 0 saturated heterocycles. The third kappa shape index (κ3) is 4.25. The van der Waals surface area contributed by atoms with Crippen molar-refractivity contribution in [3.05, 3.63) is 23.8 Å². The molecule has 0 bridgehead atoms. The normalized spacial score (nSPS) is 12.1. The fraction of sp³-hybridized carbons (Fsp3) is 0.533. The van der Waals surface area contributed by atoms with Gasteiger partial charge in [0.15, 0.2) is 11.5 Å². The SMILES string of the molecule is CCOc1cc([C@@H](N)C(C)(C)C(=O)OC)ccc1OC.Cl. The van der Waals surface area contributed by atoms with Crippen LogP contribution in [0.5, 0.6) is 11.5 Å². The second-order valence-corrected chi connectivity index (χ2v) is 5.03. The van der Waals surface area contributed by atoms with Crippen LogP contribution in [-0.2, 0) is 9.53 Å². The summed E-state index contributed by atoms with van der Waals surface area (Å²) in [4.78, 5) is 11.8. The molecule has 0 radical (unpaired) electrons. The Hall–Kier alpha value is -1.46. The Kier molecular flexibility index (Phi) is 7.53. The summed E-state index contributed by atoms with van der Waals surface area (Å²) in [5, 5.41) is 0. The maximum Gasteiger partial charge on any atom is 0.313 e. The molecule has 0 amide bonds. The lowest BCUT2D eigenvalue weighted by Crippen LogP contribution is -2.37. The van der Waals surface area contributed by atoms with E-state index in [9.17, 15) is 4.79 Å². The van der Waals surface area contributed by atoms with Crippen molar-refractivity contribution in [2.45, 2.75) is 26.8 Å². The Morgan fingerprint density at radius 3 is 2.38 bits per heavy atom. The second-order valence-electron chi connectivity index (χ2n) is 5.03. The van der Waals surface area contributed by atoms with Crippen LogP contribution in [0.1, 0.15) is 32.4 Å². The van der Waals surface area contributed by atoms with Gasteiger partial charge in [0, 0.05) is 6.04 Å². The maximum absolute atomic E-state index is 11.8. The van der Waals surface area contributed by atoms with Crippen LogP contribution in [0.3, 0.4) is 0 Å². The number of ether oxygens (including phenoxy) is 3. The third-order valence-corrected chi connectivity index (χ3v) is 3.34. The molecule has 6 heteroatoms. The fourth-order valence-electron chi connectivity index (χ4n) is 1.96. The number of carbonyl (C=O) groups excluding carboxylic acids is 1. The number of halogens is 1. The zero-order valence-corrected chi connectivity index (χ0v) is 14.0. The van der Waals surface area contributed by atoms with Gasteiger partial charge in [-0.3, -0.25) is 4.79 Å². The van der Waals surface area contributed by atoms with Gasteiger partial charge in [-0.1, -0.05) is 6.07 Å². The lowest BCUT2D eigenvalue weighted by molar-refractivity contribution is -0.152. The van der Waals surface area contributed by atoms with E-state index in [-0.39, 0.29) is 18.4 Å². The van der Waals surface area contributed by atoms with Gasteiger partial charge in [0.1, 0.15) is 0 Å². The Morgan fingerprint density at radius 2 is 1.90 bits per heavy atom. The number of carbonyl (C=O) groups is 1. The van der Waals surface area contributed by atoms with Crippen LogP contribution in [0.25, 0.3) is 0 Å². The molecular formula is C15H24ClNO4. The molecule has 21 heavy (non-hydrogen) atoms. The number of rotatable bonds is 6. The largest absolute Gasteiger partial charge is 0.493 e. The van der Waals surface area contributed by atoms with E-state index in [1.807, 2.05) is 13.0 Å². The third-order valence-electron chi connectivity index (χ3n) is 3.34. The number of hydrogen-bond acceptors (Lipinski definition) is 5. The van der Waals surface area contributed by atoms with Crippen LogP contribution in [0, 0.1) is 5.41 Å². The van der Waals surface area contributed by atoms with Gasteiger partial charge >= 0.3 is 5.97 Å². The molecule has 1 aromatic carbocycles. The van der Waals surface area contributed by atoms with Gasteiger partial charge in [-0.25, -0.2) is 0 Å². The summed E-state index contributed by atoms with van der Waals surface area (Å²) in [6.07, 6.45) is 0. The summed E-state index contributed by atoms with van der Waals surface area (Å²) in [6, 6.07) is 4.92. The lowest BCUT2D eigenvalue weighted by atomic mass is 9.81.